The van der Waals surface area contributed by atoms with Crippen molar-refractivity contribution < 1.29 is 4.74 Å². The Morgan fingerprint density at radius 2 is 2.26 bits per heavy atom. The van der Waals surface area contributed by atoms with Crippen molar-refractivity contribution in [2.45, 2.75) is 26.9 Å². The molecule has 0 fully saturated rings. The van der Waals surface area contributed by atoms with E-state index in [9.17, 15) is 0 Å². The molecule has 1 aliphatic rings. The molecule has 0 unspecified atom stereocenters. The number of hydrogen-bond donors (Lipinski definition) is 1. The van der Waals surface area contributed by atoms with Crippen LogP contribution in [0, 0.1) is 5.41 Å². The lowest BCUT2D eigenvalue weighted by molar-refractivity contribution is 0.105. The van der Waals surface area contributed by atoms with E-state index in [1.807, 2.05) is 31.2 Å². The van der Waals surface area contributed by atoms with E-state index in [-0.39, 0.29) is 11.5 Å². The molecule has 1 aromatic rings. The Hall–Kier alpha value is -1.06. The molecule has 104 valence electrons. The first-order valence-electron chi connectivity index (χ1n) is 6.67. The first kappa shape index (κ1) is 14.4. The molecule has 0 bridgehead atoms. The van der Waals surface area contributed by atoms with Gasteiger partial charge < -0.3 is 10.1 Å². The molecule has 0 radical (unpaired) electrons. The fourth-order valence-electron chi connectivity index (χ4n) is 2.09. The average Bonchev–Trinajstić information content (AvgIpc) is 2.36. The Balaban J connectivity index is 2.24. The number of aliphatic imine (C=N–C) groups is 1. The number of nitrogens with zero attached hydrogens (tertiary/aromatic N) is 1. The van der Waals surface area contributed by atoms with E-state index in [1.54, 1.807) is 0 Å². The van der Waals surface area contributed by atoms with Gasteiger partial charge in [-0.1, -0.05) is 37.6 Å². The zero-order chi connectivity index (χ0) is 13.9. The second-order valence-electron chi connectivity index (χ2n) is 5.61. The molecular formula is C15H21ClN2O. The van der Waals surface area contributed by atoms with Crippen molar-refractivity contribution in [3.63, 3.8) is 0 Å². The molecule has 1 heterocycles. The number of ether oxygens (including phenoxy) is 1. The highest BCUT2D eigenvalue weighted by atomic mass is 35.5. The normalized spacial score (nSPS) is 19.5. The van der Waals surface area contributed by atoms with E-state index in [4.69, 9.17) is 16.3 Å². The van der Waals surface area contributed by atoms with Gasteiger partial charge in [0.25, 0.3) is 0 Å². The molecule has 1 aliphatic heterocycles. The van der Waals surface area contributed by atoms with Gasteiger partial charge in [0, 0.05) is 30.1 Å². The number of benzene rings is 1. The van der Waals surface area contributed by atoms with Crippen LogP contribution in [-0.2, 0) is 4.74 Å². The van der Waals surface area contributed by atoms with Gasteiger partial charge in [-0.3, -0.25) is 4.99 Å². The van der Waals surface area contributed by atoms with E-state index in [2.05, 4.69) is 24.2 Å². The number of halogens is 1. The highest BCUT2D eigenvalue weighted by Crippen LogP contribution is 2.25. The van der Waals surface area contributed by atoms with Gasteiger partial charge in [0.2, 0.25) is 0 Å². The van der Waals surface area contributed by atoms with Crippen molar-refractivity contribution in [1.82, 2.24) is 5.32 Å². The summed E-state index contributed by atoms with van der Waals surface area (Å²) in [5, 5.41) is 4.12. The molecule has 2 rings (SSSR count). The predicted molar refractivity (Wildman–Crippen MR) is 79.9 cm³/mol. The molecule has 4 heteroatoms. The van der Waals surface area contributed by atoms with Gasteiger partial charge in [0.15, 0.2) is 0 Å². The molecule has 19 heavy (non-hydrogen) atoms. The van der Waals surface area contributed by atoms with Crippen LogP contribution >= 0.6 is 11.6 Å². The predicted octanol–water partition coefficient (Wildman–Crippen LogP) is 3.45. The van der Waals surface area contributed by atoms with E-state index in [0.717, 1.165) is 29.5 Å². The van der Waals surface area contributed by atoms with Gasteiger partial charge in [-0.2, -0.15) is 0 Å². The molecule has 0 aromatic heterocycles. The maximum atomic E-state index is 6.06. The third kappa shape index (κ3) is 3.71. The lowest BCUT2D eigenvalue weighted by atomic mass is 9.92. The maximum absolute atomic E-state index is 6.06. The molecule has 0 saturated carbocycles. The van der Waals surface area contributed by atoms with Crippen molar-refractivity contribution in [1.29, 1.82) is 0 Å². The van der Waals surface area contributed by atoms with E-state index in [0.29, 0.717) is 6.61 Å². The first-order chi connectivity index (χ1) is 9.02. The molecule has 1 atom stereocenters. The molecule has 0 amide bonds. The Bertz CT molecular complexity index is 471. The van der Waals surface area contributed by atoms with Gasteiger partial charge in [0.1, 0.15) is 11.9 Å². The van der Waals surface area contributed by atoms with Gasteiger partial charge >= 0.3 is 0 Å². The lowest BCUT2D eigenvalue weighted by Crippen LogP contribution is -2.43. The summed E-state index contributed by atoms with van der Waals surface area (Å²) >= 11 is 6.06. The molecule has 0 spiro atoms. The molecule has 3 nitrogen and oxygen atoms in total. The Morgan fingerprint density at radius 3 is 2.84 bits per heavy atom. The summed E-state index contributed by atoms with van der Waals surface area (Å²) in [6.45, 7) is 8.77. The number of amidine groups is 1. The van der Waals surface area contributed by atoms with Gasteiger partial charge in [-0.25, -0.2) is 0 Å². The number of nitrogens with one attached hydrogen (secondary N) is 1. The lowest BCUT2D eigenvalue weighted by Gasteiger charge is -2.32. The largest absolute Gasteiger partial charge is 0.371 e. The van der Waals surface area contributed by atoms with Crippen LogP contribution in [0.15, 0.2) is 29.3 Å². The summed E-state index contributed by atoms with van der Waals surface area (Å²) in [4.78, 5) is 4.64. The molecule has 0 saturated heterocycles. The Kier molecular flexibility index (Phi) is 4.48. The van der Waals surface area contributed by atoms with E-state index < -0.39 is 0 Å². The molecular weight excluding hydrogens is 260 g/mol. The summed E-state index contributed by atoms with van der Waals surface area (Å²) in [5.41, 5.74) is 1.24. The third-order valence-corrected chi connectivity index (χ3v) is 3.39. The van der Waals surface area contributed by atoms with E-state index >= 15 is 0 Å². The van der Waals surface area contributed by atoms with Crippen LogP contribution in [0.5, 0.6) is 0 Å². The van der Waals surface area contributed by atoms with Crippen LogP contribution < -0.4 is 5.32 Å². The van der Waals surface area contributed by atoms with Gasteiger partial charge in [-0.05, 0) is 24.6 Å². The average molecular weight is 281 g/mol. The number of rotatable bonds is 4. The summed E-state index contributed by atoms with van der Waals surface area (Å²) in [7, 11) is 0. The highest BCUT2D eigenvalue weighted by Gasteiger charge is 2.27. The smallest absolute Gasteiger partial charge is 0.139 e. The van der Waals surface area contributed by atoms with Crippen LogP contribution in [0.1, 0.15) is 32.4 Å². The van der Waals surface area contributed by atoms with Crippen LogP contribution in [0.25, 0.3) is 0 Å². The SMILES string of the molecule is CCO[C@@H](C1=NCC(C)(C)CN1)c1cccc(Cl)c1. The molecule has 0 aliphatic carbocycles. The zero-order valence-corrected chi connectivity index (χ0v) is 12.5. The van der Waals surface area contributed by atoms with Crippen LogP contribution in [0.2, 0.25) is 5.02 Å². The second kappa shape index (κ2) is 5.93. The summed E-state index contributed by atoms with van der Waals surface area (Å²) in [6.07, 6.45) is -0.153. The first-order valence-corrected chi connectivity index (χ1v) is 7.05. The quantitative estimate of drug-likeness (QED) is 0.916. The van der Waals surface area contributed by atoms with Gasteiger partial charge in [-0.15, -0.1) is 0 Å². The van der Waals surface area contributed by atoms with Crippen LogP contribution in [0.3, 0.4) is 0 Å². The van der Waals surface area contributed by atoms with Crippen molar-refractivity contribution in [3.8, 4) is 0 Å². The van der Waals surface area contributed by atoms with Crippen molar-refractivity contribution in [2.24, 2.45) is 10.4 Å². The topological polar surface area (TPSA) is 33.6 Å². The van der Waals surface area contributed by atoms with Crippen molar-refractivity contribution in [3.05, 3.63) is 34.9 Å². The van der Waals surface area contributed by atoms with Crippen molar-refractivity contribution >= 4 is 17.4 Å². The Labute approximate surface area is 120 Å². The minimum Gasteiger partial charge on any atom is -0.371 e. The Morgan fingerprint density at radius 1 is 1.47 bits per heavy atom. The fraction of sp³-hybridized carbons (Fsp3) is 0.533. The maximum Gasteiger partial charge on any atom is 0.139 e. The highest BCUT2D eigenvalue weighted by molar-refractivity contribution is 6.30. The van der Waals surface area contributed by atoms with Crippen LogP contribution in [-0.4, -0.2) is 25.5 Å². The monoisotopic (exact) mass is 280 g/mol. The summed E-state index contributed by atoms with van der Waals surface area (Å²) < 4.78 is 5.84. The summed E-state index contributed by atoms with van der Waals surface area (Å²) in [6, 6.07) is 7.77. The van der Waals surface area contributed by atoms with E-state index in [1.165, 1.54) is 0 Å². The summed E-state index contributed by atoms with van der Waals surface area (Å²) in [5.74, 6) is 0.906. The zero-order valence-electron chi connectivity index (χ0n) is 11.7. The standard InChI is InChI=1S/C15H21ClN2O/c1-4-19-13(11-6-5-7-12(16)8-11)14-17-9-15(2,3)10-18-14/h5-8,13H,4,9-10H2,1-3H3,(H,17,18)/t13-/m1/s1. The minimum absolute atomic E-state index is 0.153. The number of hydrogen-bond acceptors (Lipinski definition) is 3. The fourth-order valence-corrected chi connectivity index (χ4v) is 2.28. The van der Waals surface area contributed by atoms with Crippen LogP contribution in [0.4, 0.5) is 0 Å². The van der Waals surface area contributed by atoms with Gasteiger partial charge in [0.05, 0.1) is 0 Å². The minimum atomic E-state index is -0.153. The van der Waals surface area contributed by atoms with Crippen molar-refractivity contribution in [2.75, 3.05) is 19.7 Å². The molecule has 1 aromatic carbocycles. The second-order valence-corrected chi connectivity index (χ2v) is 6.05. The molecule has 1 N–H and O–H groups in total. The third-order valence-electron chi connectivity index (χ3n) is 3.16.